The van der Waals surface area contributed by atoms with Crippen LogP contribution in [0, 0.1) is 0 Å². The van der Waals surface area contributed by atoms with E-state index in [0.717, 1.165) is 0 Å². The Morgan fingerprint density at radius 2 is 1.54 bits per heavy atom. The molecule has 0 unspecified atom stereocenters. The standard InChI is InChI=1S/C7H6O2.3CH3.Sn/c8-6-4-2-1-3-5-7(6)9;;;;/h1-5H,(H,8,9);3*1H3;. The Morgan fingerprint density at radius 3 is 2.08 bits per heavy atom. The Morgan fingerprint density at radius 1 is 1.08 bits per heavy atom. The van der Waals surface area contributed by atoms with Gasteiger partial charge in [-0.2, -0.15) is 0 Å². The predicted molar refractivity (Wildman–Crippen MR) is 57.7 cm³/mol. The summed E-state index contributed by atoms with van der Waals surface area (Å²) < 4.78 is 0. The molecular formula is C10H15O2Sn. The van der Waals surface area contributed by atoms with Gasteiger partial charge < -0.3 is 5.11 Å². The van der Waals surface area contributed by atoms with Gasteiger partial charge >= 0.3 is 34.6 Å². The fourth-order valence-electron chi connectivity index (χ4n) is 0.521. The van der Waals surface area contributed by atoms with Crippen LogP contribution in [0.15, 0.2) is 35.1 Å². The molecule has 0 bridgehead atoms. The van der Waals surface area contributed by atoms with Crippen molar-refractivity contribution in [3.63, 3.8) is 0 Å². The Labute approximate surface area is 86.0 Å². The third-order valence-corrected chi connectivity index (χ3v) is 0.976. The predicted octanol–water partition coefficient (Wildman–Crippen LogP) is 2.12. The molecule has 0 aliphatic rings. The Balaban J connectivity index is 0.000000310. The van der Waals surface area contributed by atoms with Gasteiger partial charge in [-0.05, 0) is 12.1 Å². The molecule has 1 rings (SSSR count). The van der Waals surface area contributed by atoms with Crippen LogP contribution < -0.4 is 5.43 Å². The first kappa shape index (κ1) is 12.5. The Hall–Kier alpha value is -0.511. The van der Waals surface area contributed by atoms with Crippen LogP contribution in [0.5, 0.6) is 5.75 Å². The first-order valence-electron chi connectivity index (χ1n) is 4.09. The first-order chi connectivity index (χ1) is 6.04. The summed E-state index contributed by atoms with van der Waals surface area (Å²) in [5.41, 5.74) is -0.347. The quantitative estimate of drug-likeness (QED) is 0.742. The van der Waals surface area contributed by atoms with Crippen molar-refractivity contribution >= 4 is 19.8 Å². The molecule has 71 valence electrons. The molecule has 13 heavy (non-hydrogen) atoms. The summed E-state index contributed by atoms with van der Waals surface area (Å²) in [7, 11) is 0. The summed E-state index contributed by atoms with van der Waals surface area (Å²) in [5.74, 6) is -0.208. The maximum atomic E-state index is 10.6. The van der Waals surface area contributed by atoms with Gasteiger partial charge in [-0.1, -0.05) is 18.2 Å². The summed E-state index contributed by atoms with van der Waals surface area (Å²) in [6, 6.07) is 7.55. The minimum atomic E-state index is -0.543. The molecular weight excluding hydrogens is 271 g/mol. The van der Waals surface area contributed by atoms with E-state index in [1.54, 1.807) is 18.2 Å². The molecule has 0 saturated heterocycles. The molecule has 2 nitrogen and oxygen atoms in total. The number of hydrogen-bond donors (Lipinski definition) is 1. The van der Waals surface area contributed by atoms with Crippen molar-refractivity contribution in [2.45, 2.75) is 14.8 Å². The van der Waals surface area contributed by atoms with E-state index >= 15 is 0 Å². The molecule has 0 amide bonds. The van der Waals surface area contributed by atoms with Crippen LogP contribution >= 0.6 is 0 Å². The summed E-state index contributed by atoms with van der Waals surface area (Å²) in [5, 5.41) is 8.77. The Bertz CT molecular complexity index is 294. The minimum absolute atomic E-state index is 0.208. The van der Waals surface area contributed by atoms with E-state index in [1.165, 1.54) is 12.1 Å². The summed E-state index contributed by atoms with van der Waals surface area (Å²) in [6.07, 6.45) is 0. The van der Waals surface area contributed by atoms with Crippen LogP contribution in [0.4, 0.5) is 0 Å². The van der Waals surface area contributed by atoms with Crippen LogP contribution in [0.2, 0.25) is 14.8 Å². The zero-order valence-electron chi connectivity index (χ0n) is 8.24. The van der Waals surface area contributed by atoms with E-state index in [2.05, 4.69) is 14.8 Å². The summed E-state index contributed by atoms with van der Waals surface area (Å²) in [6.45, 7) is 0. The van der Waals surface area contributed by atoms with Crippen molar-refractivity contribution < 1.29 is 5.11 Å². The molecule has 0 aromatic heterocycles. The molecule has 0 fully saturated rings. The molecule has 0 aliphatic heterocycles. The van der Waals surface area contributed by atoms with E-state index in [-0.39, 0.29) is 11.2 Å². The van der Waals surface area contributed by atoms with Crippen molar-refractivity contribution in [2.75, 3.05) is 0 Å². The second-order valence-electron chi connectivity index (χ2n) is 3.16. The van der Waals surface area contributed by atoms with E-state index in [1.807, 2.05) is 0 Å². The van der Waals surface area contributed by atoms with E-state index in [0.29, 0.717) is 0 Å². The van der Waals surface area contributed by atoms with Gasteiger partial charge in [0.05, 0.1) is 0 Å². The topological polar surface area (TPSA) is 37.3 Å². The second-order valence-corrected chi connectivity index (χ2v) is 11.7. The van der Waals surface area contributed by atoms with E-state index < -0.39 is 19.8 Å². The fraction of sp³-hybridized carbons (Fsp3) is 0.300. The molecule has 0 aliphatic carbocycles. The average molecular weight is 286 g/mol. The molecule has 0 heterocycles. The van der Waals surface area contributed by atoms with Gasteiger partial charge in [-0.3, -0.25) is 4.79 Å². The van der Waals surface area contributed by atoms with Crippen molar-refractivity contribution in [2.24, 2.45) is 0 Å². The van der Waals surface area contributed by atoms with Crippen LogP contribution in [0.25, 0.3) is 0 Å². The molecule has 0 saturated carbocycles. The third-order valence-electron chi connectivity index (χ3n) is 0.976. The van der Waals surface area contributed by atoms with Gasteiger partial charge in [0.2, 0.25) is 5.43 Å². The monoisotopic (exact) mass is 287 g/mol. The fourth-order valence-corrected chi connectivity index (χ4v) is 0.521. The number of aromatic hydroxyl groups is 1. The van der Waals surface area contributed by atoms with Gasteiger partial charge in [0.25, 0.3) is 0 Å². The van der Waals surface area contributed by atoms with E-state index in [9.17, 15) is 4.79 Å². The van der Waals surface area contributed by atoms with Crippen molar-refractivity contribution in [3.8, 4) is 5.75 Å². The second kappa shape index (κ2) is 6.95. The Kier molecular flexibility index (Phi) is 6.67. The van der Waals surface area contributed by atoms with E-state index in [4.69, 9.17) is 5.11 Å². The third kappa shape index (κ3) is 7.84. The first-order valence-corrected chi connectivity index (χ1v) is 12.7. The van der Waals surface area contributed by atoms with Gasteiger partial charge in [-0.25, -0.2) is 0 Å². The molecule has 1 aromatic carbocycles. The van der Waals surface area contributed by atoms with Gasteiger partial charge in [0.15, 0.2) is 5.75 Å². The molecule has 1 aromatic rings. The average Bonchev–Trinajstić information content (AvgIpc) is 2.16. The zero-order chi connectivity index (χ0) is 10.3. The summed E-state index contributed by atoms with van der Waals surface area (Å²) >= 11 is -0.543. The maximum absolute atomic E-state index is 10.6. The van der Waals surface area contributed by atoms with Crippen molar-refractivity contribution in [3.05, 3.63) is 40.6 Å². The normalized spacial score (nSPS) is 8.92. The van der Waals surface area contributed by atoms with Gasteiger partial charge in [-0.15, -0.1) is 0 Å². The number of rotatable bonds is 0. The van der Waals surface area contributed by atoms with Gasteiger partial charge in [0.1, 0.15) is 0 Å². The SMILES string of the molecule is O=c1cccccc1O.[CH3][Sn]([CH3])[CH3]. The molecule has 0 spiro atoms. The van der Waals surface area contributed by atoms with Crippen LogP contribution in [-0.4, -0.2) is 24.9 Å². The summed E-state index contributed by atoms with van der Waals surface area (Å²) in [4.78, 5) is 17.7. The number of hydrogen-bond acceptors (Lipinski definition) is 2. The van der Waals surface area contributed by atoms with Crippen LogP contribution in [-0.2, 0) is 0 Å². The molecule has 1 N–H and O–H groups in total. The zero-order valence-corrected chi connectivity index (χ0v) is 11.1. The molecule has 3 heteroatoms. The van der Waals surface area contributed by atoms with Crippen molar-refractivity contribution in [1.29, 1.82) is 0 Å². The van der Waals surface area contributed by atoms with Gasteiger partial charge in [0, 0.05) is 0 Å². The molecule has 0 atom stereocenters. The van der Waals surface area contributed by atoms with Crippen molar-refractivity contribution in [1.82, 2.24) is 0 Å². The molecule has 1 radical (unpaired) electrons. The van der Waals surface area contributed by atoms with Crippen LogP contribution in [0.1, 0.15) is 0 Å². The van der Waals surface area contributed by atoms with Crippen LogP contribution in [0.3, 0.4) is 0 Å².